The molecule has 1 atom stereocenters. The molecule has 1 amide bonds. The zero-order chi connectivity index (χ0) is 14.7. The SMILES string of the molecule is O=C(O)CC1CSCCN1C(=O)c1cc(Br)ccc1Cl. The molecule has 0 spiro atoms. The molecule has 1 heterocycles. The van der Waals surface area contributed by atoms with Gasteiger partial charge in [0.2, 0.25) is 0 Å². The zero-order valence-electron chi connectivity index (χ0n) is 10.5. The molecule has 7 heteroatoms. The molecule has 1 aliphatic rings. The third-order valence-corrected chi connectivity index (χ3v) is 4.97. The molecule has 1 saturated heterocycles. The summed E-state index contributed by atoms with van der Waals surface area (Å²) in [5.74, 6) is 0.357. The Bertz CT molecular complexity index is 540. The molecule has 0 bridgehead atoms. The van der Waals surface area contributed by atoms with Crippen molar-refractivity contribution in [2.45, 2.75) is 12.5 Å². The summed E-state index contributed by atoms with van der Waals surface area (Å²) in [6.45, 7) is 0.546. The fourth-order valence-corrected chi connectivity index (χ4v) is 3.73. The van der Waals surface area contributed by atoms with Crippen LogP contribution in [0.1, 0.15) is 16.8 Å². The lowest BCUT2D eigenvalue weighted by Gasteiger charge is -2.34. The average molecular weight is 379 g/mol. The Morgan fingerprint density at radius 2 is 2.25 bits per heavy atom. The van der Waals surface area contributed by atoms with Crippen molar-refractivity contribution in [2.75, 3.05) is 18.1 Å². The predicted octanol–water partition coefficient (Wildman–Crippen LogP) is 3.13. The summed E-state index contributed by atoms with van der Waals surface area (Å²) in [5.41, 5.74) is 0.406. The van der Waals surface area contributed by atoms with Crippen molar-refractivity contribution in [1.29, 1.82) is 0 Å². The van der Waals surface area contributed by atoms with Crippen LogP contribution < -0.4 is 0 Å². The number of halogens is 2. The quantitative estimate of drug-likeness (QED) is 0.878. The highest BCUT2D eigenvalue weighted by Crippen LogP contribution is 2.26. The topological polar surface area (TPSA) is 57.6 Å². The fraction of sp³-hybridized carbons (Fsp3) is 0.385. The largest absolute Gasteiger partial charge is 0.481 e. The average Bonchev–Trinajstić information content (AvgIpc) is 2.41. The third kappa shape index (κ3) is 3.68. The molecule has 1 aromatic carbocycles. The number of carboxylic acids is 1. The summed E-state index contributed by atoms with van der Waals surface area (Å²) in [6.07, 6.45) is -0.0373. The van der Waals surface area contributed by atoms with E-state index in [0.717, 1.165) is 10.2 Å². The number of carbonyl (C=O) groups is 2. The number of hydrogen-bond acceptors (Lipinski definition) is 3. The lowest BCUT2D eigenvalue weighted by atomic mass is 10.1. The summed E-state index contributed by atoms with van der Waals surface area (Å²) < 4.78 is 0.770. The standard InChI is InChI=1S/C13H13BrClNO3S/c14-8-1-2-11(15)10(5-8)13(19)16-3-4-20-7-9(16)6-12(17)18/h1-2,5,9H,3-4,6-7H2,(H,17,18). The van der Waals surface area contributed by atoms with Crippen LogP contribution in [-0.4, -0.2) is 46.0 Å². The minimum atomic E-state index is -0.893. The van der Waals surface area contributed by atoms with Gasteiger partial charge in [0.15, 0.2) is 0 Å². The van der Waals surface area contributed by atoms with Gasteiger partial charge in [-0.3, -0.25) is 9.59 Å². The van der Waals surface area contributed by atoms with Gasteiger partial charge in [-0.1, -0.05) is 27.5 Å². The summed E-state index contributed by atoms with van der Waals surface area (Å²) in [4.78, 5) is 25.1. The second-order valence-electron chi connectivity index (χ2n) is 4.45. The van der Waals surface area contributed by atoms with E-state index in [0.29, 0.717) is 22.9 Å². The highest BCUT2D eigenvalue weighted by atomic mass is 79.9. The van der Waals surface area contributed by atoms with Crippen molar-refractivity contribution in [3.8, 4) is 0 Å². The normalized spacial score (nSPS) is 18.9. The predicted molar refractivity (Wildman–Crippen MR) is 83.6 cm³/mol. The first-order chi connectivity index (χ1) is 9.49. The fourth-order valence-electron chi connectivity index (χ4n) is 2.11. The second-order valence-corrected chi connectivity index (χ2v) is 6.92. The Hall–Kier alpha value is -0.720. The van der Waals surface area contributed by atoms with Gasteiger partial charge < -0.3 is 10.0 Å². The van der Waals surface area contributed by atoms with Gasteiger partial charge in [0, 0.05) is 22.5 Å². The molecule has 1 aliphatic heterocycles. The van der Waals surface area contributed by atoms with Gasteiger partial charge in [-0.05, 0) is 18.2 Å². The maximum absolute atomic E-state index is 12.6. The Kier molecular flexibility index (Phi) is 5.35. The lowest BCUT2D eigenvalue weighted by Crippen LogP contribution is -2.47. The highest BCUT2D eigenvalue weighted by molar-refractivity contribution is 9.10. The Labute approximate surface area is 134 Å². The molecule has 1 N–H and O–H groups in total. The first-order valence-electron chi connectivity index (χ1n) is 6.04. The van der Waals surface area contributed by atoms with Crippen LogP contribution in [0.4, 0.5) is 0 Å². The molecule has 1 fully saturated rings. The zero-order valence-corrected chi connectivity index (χ0v) is 13.7. The van der Waals surface area contributed by atoms with Crippen LogP contribution in [0.25, 0.3) is 0 Å². The Morgan fingerprint density at radius 3 is 2.95 bits per heavy atom. The van der Waals surface area contributed by atoms with E-state index in [-0.39, 0.29) is 18.4 Å². The maximum Gasteiger partial charge on any atom is 0.305 e. The highest BCUT2D eigenvalue weighted by Gasteiger charge is 2.30. The summed E-state index contributed by atoms with van der Waals surface area (Å²) in [5, 5.41) is 9.33. The maximum atomic E-state index is 12.6. The Balaban J connectivity index is 2.25. The van der Waals surface area contributed by atoms with Crippen LogP contribution in [0.15, 0.2) is 22.7 Å². The molecule has 0 radical (unpaired) electrons. The Morgan fingerprint density at radius 1 is 1.50 bits per heavy atom. The van der Waals surface area contributed by atoms with Crippen LogP contribution >= 0.6 is 39.3 Å². The molecule has 1 unspecified atom stereocenters. The van der Waals surface area contributed by atoms with Crippen LogP contribution in [-0.2, 0) is 4.79 Å². The first-order valence-corrected chi connectivity index (χ1v) is 8.37. The number of benzene rings is 1. The molecule has 4 nitrogen and oxygen atoms in total. The van der Waals surface area contributed by atoms with Crippen molar-refractivity contribution < 1.29 is 14.7 Å². The van der Waals surface area contributed by atoms with Gasteiger partial charge in [-0.2, -0.15) is 11.8 Å². The van der Waals surface area contributed by atoms with E-state index in [4.69, 9.17) is 16.7 Å². The van der Waals surface area contributed by atoms with E-state index >= 15 is 0 Å². The minimum Gasteiger partial charge on any atom is -0.481 e. The summed E-state index contributed by atoms with van der Waals surface area (Å²) in [7, 11) is 0. The van der Waals surface area contributed by atoms with Crippen molar-refractivity contribution in [1.82, 2.24) is 4.90 Å². The van der Waals surface area contributed by atoms with E-state index in [1.165, 1.54) is 0 Å². The monoisotopic (exact) mass is 377 g/mol. The number of nitrogens with zero attached hydrogens (tertiary/aromatic N) is 1. The van der Waals surface area contributed by atoms with Crippen LogP contribution in [0, 0.1) is 0 Å². The number of aliphatic carboxylic acids is 1. The van der Waals surface area contributed by atoms with Crippen LogP contribution in [0.2, 0.25) is 5.02 Å². The van der Waals surface area contributed by atoms with Crippen molar-refractivity contribution in [3.63, 3.8) is 0 Å². The molecule has 108 valence electrons. The van der Waals surface area contributed by atoms with Gasteiger partial charge in [-0.15, -0.1) is 0 Å². The minimum absolute atomic E-state index is 0.0373. The second kappa shape index (κ2) is 6.83. The number of carboxylic acid groups (broad SMARTS) is 1. The smallest absolute Gasteiger partial charge is 0.305 e. The van der Waals surface area contributed by atoms with E-state index in [1.807, 2.05) is 0 Å². The first kappa shape index (κ1) is 15.7. The van der Waals surface area contributed by atoms with Gasteiger partial charge in [0.05, 0.1) is 23.0 Å². The van der Waals surface area contributed by atoms with Gasteiger partial charge in [0.25, 0.3) is 5.91 Å². The van der Waals surface area contributed by atoms with Crippen molar-refractivity contribution >= 4 is 51.2 Å². The number of thioether (sulfide) groups is 1. The molecule has 0 aliphatic carbocycles. The lowest BCUT2D eigenvalue weighted by molar-refractivity contribution is -0.138. The van der Waals surface area contributed by atoms with Crippen molar-refractivity contribution in [2.24, 2.45) is 0 Å². The van der Waals surface area contributed by atoms with Gasteiger partial charge >= 0.3 is 5.97 Å². The molecule has 2 rings (SSSR count). The number of hydrogen-bond donors (Lipinski definition) is 1. The molecular weight excluding hydrogens is 366 g/mol. The number of amides is 1. The van der Waals surface area contributed by atoms with E-state index in [1.54, 1.807) is 34.9 Å². The summed E-state index contributed by atoms with van der Waals surface area (Å²) in [6, 6.07) is 4.81. The van der Waals surface area contributed by atoms with Gasteiger partial charge in [-0.25, -0.2) is 0 Å². The summed E-state index contributed by atoms with van der Waals surface area (Å²) >= 11 is 11.1. The van der Waals surface area contributed by atoms with E-state index in [2.05, 4.69) is 15.9 Å². The molecule has 0 saturated carbocycles. The van der Waals surface area contributed by atoms with E-state index in [9.17, 15) is 9.59 Å². The third-order valence-electron chi connectivity index (χ3n) is 3.06. The van der Waals surface area contributed by atoms with Crippen LogP contribution in [0.5, 0.6) is 0 Å². The van der Waals surface area contributed by atoms with Gasteiger partial charge in [0.1, 0.15) is 0 Å². The molecule has 1 aromatic rings. The van der Waals surface area contributed by atoms with Crippen LogP contribution in [0.3, 0.4) is 0 Å². The number of carbonyl (C=O) groups excluding carboxylic acids is 1. The molecular formula is C13H13BrClNO3S. The van der Waals surface area contributed by atoms with E-state index < -0.39 is 5.97 Å². The molecule has 20 heavy (non-hydrogen) atoms. The van der Waals surface area contributed by atoms with Crippen molar-refractivity contribution in [3.05, 3.63) is 33.3 Å². The molecule has 0 aromatic heterocycles. The number of rotatable bonds is 3.